The standard InChI is InChI=1S/C22H19NO4/c1-15-5-4-8-19(11-15)22(26)23-13-21(25)27-14-20(24)18-10-9-16-6-2-3-7-17(16)12-18/h2-12H,13-14H2,1H3,(H,23,26). The molecule has 0 atom stereocenters. The van der Waals surface area contributed by atoms with Gasteiger partial charge in [-0.2, -0.15) is 0 Å². The van der Waals surface area contributed by atoms with E-state index in [-0.39, 0.29) is 24.8 Å². The zero-order valence-corrected chi connectivity index (χ0v) is 14.9. The zero-order valence-electron chi connectivity index (χ0n) is 14.9. The Balaban J connectivity index is 1.50. The van der Waals surface area contributed by atoms with Gasteiger partial charge in [0, 0.05) is 11.1 Å². The number of hydrogen-bond acceptors (Lipinski definition) is 4. The Hall–Kier alpha value is -3.47. The van der Waals surface area contributed by atoms with Crippen LogP contribution in [0.4, 0.5) is 0 Å². The fourth-order valence-corrected chi connectivity index (χ4v) is 2.68. The first kappa shape index (κ1) is 18.3. The number of aryl methyl sites for hydroxylation is 1. The molecule has 0 fully saturated rings. The summed E-state index contributed by atoms with van der Waals surface area (Å²) in [5.41, 5.74) is 1.89. The number of hydrogen-bond donors (Lipinski definition) is 1. The van der Waals surface area contributed by atoms with Crippen LogP contribution in [-0.2, 0) is 9.53 Å². The summed E-state index contributed by atoms with van der Waals surface area (Å²) in [5, 5.41) is 4.47. The third-order valence-corrected chi connectivity index (χ3v) is 4.11. The molecule has 5 heteroatoms. The molecule has 3 rings (SSSR count). The zero-order chi connectivity index (χ0) is 19.2. The van der Waals surface area contributed by atoms with Crippen molar-refractivity contribution >= 4 is 28.4 Å². The highest BCUT2D eigenvalue weighted by atomic mass is 16.5. The number of ketones is 1. The average Bonchev–Trinajstić information content (AvgIpc) is 2.69. The van der Waals surface area contributed by atoms with Crippen molar-refractivity contribution < 1.29 is 19.1 Å². The van der Waals surface area contributed by atoms with Crippen LogP contribution < -0.4 is 5.32 Å². The minimum Gasteiger partial charge on any atom is -0.456 e. The maximum atomic E-state index is 12.2. The van der Waals surface area contributed by atoms with E-state index >= 15 is 0 Å². The molecule has 0 bridgehead atoms. The molecule has 0 heterocycles. The van der Waals surface area contributed by atoms with Gasteiger partial charge in [0.15, 0.2) is 12.4 Å². The Morgan fingerprint density at radius 1 is 0.852 bits per heavy atom. The number of nitrogens with one attached hydrogen (secondary N) is 1. The van der Waals surface area contributed by atoms with E-state index in [1.807, 2.05) is 43.3 Å². The molecule has 0 aliphatic rings. The van der Waals surface area contributed by atoms with Gasteiger partial charge in [0.05, 0.1) is 0 Å². The van der Waals surface area contributed by atoms with Crippen LogP contribution in [0.3, 0.4) is 0 Å². The molecule has 0 aliphatic carbocycles. The molecule has 0 unspecified atom stereocenters. The Kier molecular flexibility index (Phi) is 5.61. The first-order valence-electron chi connectivity index (χ1n) is 8.55. The lowest BCUT2D eigenvalue weighted by atomic mass is 10.0. The highest BCUT2D eigenvalue weighted by Crippen LogP contribution is 2.16. The number of fused-ring (bicyclic) bond motifs is 1. The predicted molar refractivity (Wildman–Crippen MR) is 103 cm³/mol. The van der Waals surface area contributed by atoms with E-state index in [1.165, 1.54) is 0 Å². The third kappa shape index (κ3) is 4.79. The van der Waals surface area contributed by atoms with Crippen molar-refractivity contribution in [1.29, 1.82) is 0 Å². The molecule has 0 aliphatic heterocycles. The normalized spacial score (nSPS) is 10.4. The van der Waals surface area contributed by atoms with Gasteiger partial charge in [-0.3, -0.25) is 14.4 Å². The Morgan fingerprint density at radius 3 is 2.41 bits per heavy atom. The van der Waals surface area contributed by atoms with Crippen molar-refractivity contribution in [2.75, 3.05) is 13.2 Å². The van der Waals surface area contributed by atoms with E-state index in [1.54, 1.807) is 30.3 Å². The van der Waals surface area contributed by atoms with E-state index in [9.17, 15) is 14.4 Å². The van der Waals surface area contributed by atoms with Gasteiger partial charge in [-0.05, 0) is 35.9 Å². The van der Waals surface area contributed by atoms with Gasteiger partial charge >= 0.3 is 5.97 Å². The number of rotatable bonds is 6. The summed E-state index contributed by atoms with van der Waals surface area (Å²) in [7, 11) is 0. The van der Waals surface area contributed by atoms with E-state index < -0.39 is 5.97 Å². The highest BCUT2D eigenvalue weighted by Gasteiger charge is 2.12. The number of amides is 1. The Labute approximate surface area is 157 Å². The van der Waals surface area contributed by atoms with Crippen LogP contribution >= 0.6 is 0 Å². The number of ether oxygens (including phenoxy) is 1. The van der Waals surface area contributed by atoms with Gasteiger partial charge < -0.3 is 10.1 Å². The van der Waals surface area contributed by atoms with Crippen molar-refractivity contribution in [3.05, 3.63) is 83.4 Å². The number of benzene rings is 3. The minimum absolute atomic E-state index is 0.292. The third-order valence-electron chi connectivity index (χ3n) is 4.11. The molecular weight excluding hydrogens is 342 g/mol. The molecule has 1 N–H and O–H groups in total. The van der Waals surface area contributed by atoms with Crippen molar-refractivity contribution in [3.63, 3.8) is 0 Å². The van der Waals surface area contributed by atoms with Gasteiger partial charge in [0.1, 0.15) is 6.54 Å². The van der Waals surface area contributed by atoms with E-state index in [0.717, 1.165) is 16.3 Å². The van der Waals surface area contributed by atoms with Gasteiger partial charge in [0.25, 0.3) is 5.91 Å². The summed E-state index contributed by atoms with van der Waals surface area (Å²) in [6, 6.07) is 20.1. The van der Waals surface area contributed by atoms with Crippen LogP contribution in [0, 0.1) is 6.92 Å². The summed E-state index contributed by atoms with van der Waals surface area (Å²) >= 11 is 0. The topological polar surface area (TPSA) is 72.5 Å². The van der Waals surface area contributed by atoms with Gasteiger partial charge in [-0.15, -0.1) is 0 Å². The monoisotopic (exact) mass is 361 g/mol. The molecular formula is C22H19NO4. The first-order chi connectivity index (χ1) is 13.0. The maximum Gasteiger partial charge on any atom is 0.325 e. The molecule has 1 amide bonds. The fourth-order valence-electron chi connectivity index (χ4n) is 2.68. The molecule has 0 saturated heterocycles. The smallest absolute Gasteiger partial charge is 0.325 e. The Bertz CT molecular complexity index is 1010. The minimum atomic E-state index is -0.662. The van der Waals surface area contributed by atoms with Gasteiger partial charge in [-0.1, -0.05) is 54.1 Å². The summed E-state index contributed by atoms with van der Waals surface area (Å²) < 4.78 is 4.98. The lowest BCUT2D eigenvalue weighted by Gasteiger charge is -2.07. The molecule has 0 saturated carbocycles. The number of esters is 1. The van der Waals surface area contributed by atoms with E-state index in [0.29, 0.717) is 11.1 Å². The van der Waals surface area contributed by atoms with Crippen molar-refractivity contribution in [2.24, 2.45) is 0 Å². The molecule has 136 valence electrons. The van der Waals surface area contributed by atoms with Gasteiger partial charge in [-0.25, -0.2) is 0 Å². The highest BCUT2D eigenvalue weighted by molar-refractivity contribution is 6.01. The number of carbonyl (C=O) groups excluding carboxylic acids is 3. The SMILES string of the molecule is Cc1cccc(C(=O)NCC(=O)OCC(=O)c2ccc3ccccc3c2)c1. The second-order valence-corrected chi connectivity index (χ2v) is 6.20. The molecule has 0 aromatic heterocycles. The second-order valence-electron chi connectivity index (χ2n) is 6.20. The molecule has 0 spiro atoms. The van der Waals surface area contributed by atoms with Crippen molar-refractivity contribution in [3.8, 4) is 0 Å². The van der Waals surface area contributed by atoms with Crippen LogP contribution in [0.15, 0.2) is 66.7 Å². The maximum absolute atomic E-state index is 12.2. The lowest BCUT2D eigenvalue weighted by Crippen LogP contribution is -2.31. The molecule has 5 nitrogen and oxygen atoms in total. The van der Waals surface area contributed by atoms with E-state index in [2.05, 4.69) is 5.32 Å². The largest absolute Gasteiger partial charge is 0.456 e. The van der Waals surface area contributed by atoms with Crippen LogP contribution in [0.1, 0.15) is 26.3 Å². The predicted octanol–water partition coefficient (Wildman–Crippen LogP) is 3.30. The summed E-state index contributed by atoms with van der Waals surface area (Å²) in [5.74, 6) is -1.32. The van der Waals surface area contributed by atoms with Crippen LogP contribution in [0.25, 0.3) is 10.8 Å². The van der Waals surface area contributed by atoms with Gasteiger partial charge in [0.2, 0.25) is 0 Å². The summed E-state index contributed by atoms with van der Waals surface area (Å²) in [6.07, 6.45) is 0. The first-order valence-corrected chi connectivity index (χ1v) is 8.55. The molecule has 27 heavy (non-hydrogen) atoms. The van der Waals surface area contributed by atoms with Crippen LogP contribution in [0.2, 0.25) is 0 Å². The van der Waals surface area contributed by atoms with E-state index in [4.69, 9.17) is 4.74 Å². The number of Topliss-reactive ketones (excluding diaryl/α,β-unsaturated/α-hetero) is 1. The summed E-state index contributed by atoms with van der Waals surface area (Å²) in [6.45, 7) is 1.22. The van der Waals surface area contributed by atoms with Crippen LogP contribution in [0.5, 0.6) is 0 Å². The van der Waals surface area contributed by atoms with Crippen molar-refractivity contribution in [2.45, 2.75) is 6.92 Å². The molecule has 3 aromatic rings. The number of carbonyl (C=O) groups is 3. The fraction of sp³-hybridized carbons (Fsp3) is 0.136. The van der Waals surface area contributed by atoms with Crippen molar-refractivity contribution in [1.82, 2.24) is 5.32 Å². The second kappa shape index (κ2) is 8.27. The quantitative estimate of drug-likeness (QED) is 0.540. The average molecular weight is 361 g/mol. The van der Waals surface area contributed by atoms with Crippen LogP contribution in [-0.4, -0.2) is 30.8 Å². The molecule has 0 radical (unpaired) electrons. The Morgan fingerprint density at radius 2 is 1.63 bits per heavy atom. The molecule has 3 aromatic carbocycles. The summed E-state index contributed by atoms with van der Waals surface area (Å²) in [4.78, 5) is 36.0. The lowest BCUT2D eigenvalue weighted by molar-refractivity contribution is -0.141.